The summed E-state index contributed by atoms with van der Waals surface area (Å²) in [6, 6.07) is 5.80. The average molecular weight is 509 g/mol. The number of amides is 2. The number of aromatic nitrogens is 2. The van der Waals surface area contributed by atoms with Gasteiger partial charge >= 0.3 is 0 Å². The van der Waals surface area contributed by atoms with Crippen molar-refractivity contribution in [2.24, 2.45) is 0 Å². The lowest BCUT2D eigenvalue weighted by Crippen LogP contribution is -2.43. The first-order chi connectivity index (χ1) is 16.7. The maximum atomic E-state index is 14.4. The normalized spacial score (nSPS) is 12.1. The van der Waals surface area contributed by atoms with Crippen molar-refractivity contribution in [3.63, 3.8) is 0 Å². The number of benzene rings is 2. The first-order valence-corrected chi connectivity index (χ1v) is 11.0. The van der Waals surface area contributed by atoms with Crippen LogP contribution in [0.25, 0.3) is 11.8 Å². The summed E-state index contributed by atoms with van der Waals surface area (Å²) < 4.78 is 56.5. The van der Waals surface area contributed by atoms with Crippen LogP contribution in [0.1, 0.15) is 35.6 Å². The minimum atomic E-state index is -1.65. The van der Waals surface area contributed by atoms with Crippen molar-refractivity contribution >= 4 is 29.5 Å². The molecule has 1 heterocycles. The number of rotatable bonds is 8. The van der Waals surface area contributed by atoms with E-state index >= 15 is 0 Å². The molecule has 1 unspecified atom stereocenters. The van der Waals surface area contributed by atoms with E-state index < -0.39 is 41.0 Å². The molecule has 6 nitrogen and oxygen atoms in total. The van der Waals surface area contributed by atoms with Crippen molar-refractivity contribution in [3.8, 4) is 5.69 Å². The molecule has 1 atom stereocenters. The van der Waals surface area contributed by atoms with Crippen LogP contribution in [0.3, 0.4) is 0 Å². The van der Waals surface area contributed by atoms with E-state index in [1.165, 1.54) is 29.1 Å². The molecule has 2 amide bonds. The summed E-state index contributed by atoms with van der Waals surface area (Å²) in [4.78, 5) is 28.7. The molecule has 0 bridgehead atoms. The lowest BCUT2D eigenvalue weighted by molar-refractivity contribution is -0.127. The fourth-order valence-electron chi connectivity index (χ4n) is 3.32. The largest absolute Gasteiger partial charge is 0.303 e. The summed E-state index contributed by atoms with van der Waals surface area (Å²) in [6.07, 6.45) is 5.99. The third-order valence-corrected chi connectivity index (χ3v) is 5.32. The van der Waals surface area contributed by atoms with Crippen LogP contribution in [0.5, 0.6) is 0 Å². The first kappa shape index (κ1) is 26.0. The fourth-order valence-corrected chi connectivity index (χ4v) is 3.47. The molecule has 184 valence electrons. The molecule has 2 aromatic carbocycles. The molecular formula is C24H21ClF4N4O2. The molecule has 3 rings (SSSR count). The van der Waals surface area contributed by atoms with Crippen LogP contribution >= 0.6 is 11.6 Å². The molecule has 11 heteroatoms. The van der Waals surface area contributed by atoms with Crippen LogP contribution in [0, 0.1) is 30.2 Å². The number of carbonyl (C=O) groups excluding carboxylic acids is 2. The van der Waals surface area contributed by atoms with Crippen molar-refractivity contribution < 1.29 is 27.2 Å². The van der Waals surface area contributed by atoms with Crippen LogP contribution in [0.4, 0.5) is 17.6 Å². The van der Waals surface area contributed by atoms with Gasteiger partial charge in [0.05, 0.1) is 23.6 Å². The van der Waals surface area contributed by atoms with Crippen LogP contribution in [0.15, 0.2) is 48.9 Å². The van der Waals surface area contributed by atoms with Gasteiger partial charge in [-0.3, -0.25) is 20.4 Å². The number of imidazole rings is 1. The van der Waals surface area contributed by atoms with Gasteiger partial charge in [0, 0.05) is 18.2 Å². The maximum Gasteiger partial charge on any atom is 0.262 e. The SMILES string of the molecule is Cc1cn(-c2ccc(C=CC(=O)NNC(=O)C(CCCCl)c3cc(F)c(F)c(F)c3)cc2F)cn1. The zero-order valence-corrected chi connectivity index (χ0v) is 19.3. The lowest BCUT2D eigenvalue weighted by Gasteiger charge is -2.17. The number of nitrogens with one attached hydrogen (secondary N) is 2. The fraction of sp³-hybridized carbons (Fsp3) is 0.208. The minimum Gasteiger partial charge on any atom is -0.303 e. The van der Waals surface area contributed by atoms with E-state index in [0.29, 0.717) is 12.0 Å². The van der Waals surface area contributed by atoms with Crippen LogP contribution < -0.4 is 10.9 Å². The maximum absolute atomic E-state index is 14.4. The molecule has 0 aliphatic rings. The van der Waals surface area contributed by atoms with Crippen molar-refractivity contribution in [3.05, 3.63) is 89.0 Å². The Morgan fingerprint density at radius 2 is 1.80 bits per heavy atom. The molecule has 1 aromatic heterocycles. The topological polar surface area (TPSA) is 76.0 Å². The summed E-state index contributed by atoms with van der Waals surface area (Å²) >= 11 is 5.66. The van der Waals surface area contributed by atoms with E-state index in [1.54, 1.807) is 19.2 Å². The zero-order valence-electron chi connectivity index (χ0n) is 18.5. The number of carbonyl (C=O) groups is 2. The summed E-state index contributed by atoms with van der Waals surface area (Å²) in [7, 11) is 0. The minimum absolute atomic E-state index is 0.0996. The van der Waals surface area contributed by atoms with Gasteiger partial charge in [0.15, 0.2) is 17.5 Å². The first-order valence-electron chi connectivity index (χ1n) is 10.5. The van der Waals surface area contributed by atoms with Crippen molar-refractivity contribution in [2.45, 2.75) is 25.7 Å². The van der Waals surface area contributed by atoms with Gasteiger partial charge in [-0.1, -0.05) is 6.07 Å². The van der Waals surface area contributed by atoms with Gasteiger partial charge in [-0.2, -0.15) is 0 Å². The van der Waals surface area contributed by atoms with Gasteiger partial charge in [0.25, 0.3) is 5.91 Å². The average Bonchev–Trinajstić information content (AvgIpc) is 3.25. The molecule has 3 aromatic rings. The second-order valence-electron chi connectivity index (χ2n) is 7.63. The highest BCUT2D eigenvalue weighted by Crippen LogP contribution is 2.25. The van der Waals surface area contributed by atoms with E-state index in [-0.39, 0.29) is 23.6 Å². The number of aryl methyl sites for hydroxylation is 1. The molecule has 0 radical (unpaired) electrons. The monoisotopic (exact) mass is 508 g/mol. The van der Waals surface area contributed by atoms with Crippen molar-refractivity contribution in [2.75, 3.05) is 5.88 Å². The Balaban J connectivity index is 1.64. The molecule has 2 N–H and O–H groups in total. The summed E-state index contributed by atoms with van der Waals surface area (Å²) in [5, 5.41) is 0. The predicted octanol–water partition coefficient (Wildman–Crippen LogP) is 4.70. The second-order valence-corrected chi connectivity index (χ2v) is 8.01. The molecule has 35 heavy (non-hydrogen) atoms. The van der Waals surface area contributed by atoms with Crippen LogP contribution in [0.2, 0.25) is 0 Å². The number of halogens is 5. The van der Waals surface area contributed by atoms with Gasteiger partial charge in [-0.15, -0.1) is 11.6 Å². The smallest absolute Gasteiger partial charge is 0.262 e. The molecule has 0 aliphatic carbocycles. The van der Waals surface area contributed by atoms with Crippen molar-refractivity contribution in [1.82, 2.24) is 20.4 Å². The Kier molecular flexibility index (Phi) is 8.64. The summed E-state index contributed by atoms with van der Waals surface area (Å²) in [6.45, 7) is 1.78. The zero-order chi connectivity index (χ0) is 25.5. The molecule has 0 fully saturated rings. The van der Waals surface area contributed by atoms with Crippen LogP contribution in [-0.4, -0.2) is 27.2 Å². The molecular weight excluding hydrogens is 488 g/mol. The highest BCUT2D eigenvalue weighted by molar-refractivity contribution is 6.17. The third-order valence-electron chi connectivity index (χ3n) is 5.05. The van der Waals surface area contributed by atoms with E-state index in [1.807, 2.05) is 0 Å². The quantitative estimate of drug-likeness (QED) is 0.152. The van der Waals surface area contributed by atoms with E-state index in [0.717, 1.165) is 23.9 Å². The highest BCUT2D eigenvalue weighted by atomic mass is 35.5. The number of alkyl halides is 1. The third kappa shape index (κ3) is 6.69. The van der Waals surface area contributed by atoms with E-state index in [9.17, 15) is 27.2 Å². The summed E-state index contributed by atoms with van der Waals surface area (Å²) in [5.74, 6) is -7.45. The van der Waals surface area contributed by atoms with Crippen LogP contribution in [-0.2, 0) is 9.59 Å². The molecule has 0 saturated heterocycles. The number of nitrogens with zero attached hydrogens (tertiary/aromatic N) is 2. The van der Waals surface area contributed by atoms with E-state index in [2.05, 4.69) is 15.8 Å². The Hall–Kier alpha value is -3.66. The van der Waals surface area contributed by atoms with Gasteiger partial charge in [0.1, 0.15) is 5.82 Å². The molecule has 0 saturated carbocycles. The second kappa shape index (κ2) is 11.7. The summed E-state index contributed by atoms with van der Waals surface area (Å²) in [5.41, 5.74) is 5.62. The van der Waals surface area contributed by atoms with Gasteiger partial charge in [-0.05, 0) is 61.2 Å². The Labute approximate surface area is 203 Å². The predicted molar refractivity (Wildman–Crippen MR) is 123 cm³/mol. The lowest BCUT2D eigenvalue weighted by atomic mass is 9.93. The molecule has 0 aliphatic heterocycles. The molecule has 0 spiro atoms. The Bertz CT molecular complexity index is 1240. The Morgan fingerprint density at radius 1 is 1.09 bits per heavy atom. The standard InChI is InChI=1S/C24H21ClF4N4O2/c1-14-12-33(13-30-14)21-6-4-15(9-18(21)26)5-7-22(34)31-32-24(35)17(3-2-8-25)16-10-19(27)23(29)20(28)11-16/h4-7,9-13,17H,2-3,8H2,1H3,(H,31,34)(H,32,35). The van der Waals surface area contributed by atoms with E-state index in [4.69, 9.17) is 11.6 Å². The van der Waals surface area contributed by atoms with Gasteiger partial charge in [0.2, 0.25) is 5.91 Å². The van der Waals surface area contributed by atoms with Gasteiger partial charge < -0.3 is 4.57 Å². The number of hydrazine groups is 1. The highest BCUT2D eigenvalue weighted by Gasteiger charge is 2.24. The number of hydrogen-bond acceptors (Lipinski definition) is 3. The van der Waals surface area contributed by atoms with Crippen molar-refractivity contribution in [1.29, 1.82) is 0 Å². The Morgan fingerprint density at radius 3 is 2.40 bits per heavy atom. The van der Waals surface area contributed by atoms with Gasteiger partial charge in [-0.25, -0.2) is 22.5 Å². The number of hydrogen-bond donors (Lipinski definition) is 2.